The fourth-order valence-corrected chi connectivity index (χ4v) is 2.93. The van der Waals surface area contributed by atoms with Crippen LogP contribution in [0, 0.1) is 19.7 Å². The molecule has 0 atom stereocenters. The topological polar surface area (TPSA) is 88.7 Å². The third kappa shape index (κ3) is 5.22. The summed E-state index contributed by atoms with van der Waals surface area (Å²) >= 11 is 0. The summed E-state index contributed by atoms with van der Waals surface area (Å²) in [5, 5.41) is 0. The summed E-state index contributed by atoms with van der Waals surface area (Å²) in [4.78, 5) is 41.3. The van der Waals surface area contributed by atoms with Gasteiger partial charge >= 0.3 is 11.9 Å². The first-order valence-electron chi connectivity index (χ1n) is 9.28. The second kappa shape index (κ2) is 9.36. The lowest BCUT2D eigenvalue weighted by Crippen LogP contribution is -2.34. The number of H-pyrrole nitrogens is 1. The van der Waals surface area contributed by atoms with Crippen molar-refractivity contribution in [2.75, 3.05) is 18.1 Å². The number of benzene rings is 1. The highest BCUT2D eigenvalue weighted by Gasteiger charge is 2.25. The monoisotopic (exact) mass is 404 g/mol. The van der Waals surface area contributed by atoms with Gasteiger partial charge in [0.15, 0.2) is 6.61 Å². The van der Waals surface area contributed by atoms with Crippen LogP contribution in [0.25, 0.3) is 0 Å². The van der Waals surface area contributed by atoms with Crippen LogP contribution in [-0.2, 0) is 14.3 Å². The molecule has 156 valence electrons. The minimum absolute atomic E-state index is 0.0934. The maximum atomic E-state index is 13.1. The van der Waals surface area contributed by atoms with Gasteiger partial charge in [0.1, 0.15) is 11.5 Å². The summed E-state index contributed by atoms with van der Waals surface area (Å²) in [6.45, 7) is 8.32. The van der Waals surface area contributed by atoms with Crippen molar-refractivity contribution in [2.24, 2.45) is 0 Å². The van der Waals surface area contributed by atoms with E-state index in [1.807, 2.05) is 0 Å². The van der Waals surface area contributed by atoms with Crippen LogP contribution in [0.15, 0.2) is 24.3 Å². The Morgan fingerprint density at radius 3 is 2.28 bits per heavy atom. The van der Waals surface area contributed by atoms with Crippen molar-refractivity contribution in [1.82, 2.24) is 4.98 Å². The lowest BCUT2D eigenvalue weighted by molar-refractivity contribution is -0.121. The molecular weight excluding hydrogens is 379 g/mol. The molecule has 0 unspecified atom stereocenters. The van der Waals surface area contributed by atoms with Crippen LogP contribution in [0.1, 0.15) is 52.9 Å². The Labute approximate surface area is 168 Å². The predicted molar refractivity (Wildman–Crippen MR) is 106 cm³/mol. The molecule has 1 aromatic carbocycles. The second-order valence-electron chi connectivity index (χ2n) is 6.77. The number of aryl methyl sites for hydroxylation is 1. The predicted octanol–water partition coefficient (Wildman–Crippen LogP) is 3.55. The molecule has 0 fully saturated rings. The third-order valence-corrected chi connectivity index (χ3v) is 4.27. The summed E-state index contributed by atoms with van der Waals surface area (Å²) in [6.07, 6.45) is -0.296. The first-order valence-corrected chi connectivity index (χ1v) is 9.28. The average molecular weight is 404 g/mol. The van der Waals surface area contributed by atoms with Crippen molar-refractivity contribution in [1.29, 1.82) is 0 Å². The van der Waals surface area contributed by atoms with E-state index in [9.17, 15) is 18.8 Å². The molecule has 0 radical (unpaired) electrons. The number of esters is 2. The van der Waals surface area contributed by atoms with Crippen molar-refractivity contribution < 1.29 is 28.2 Å². The van der Waals surface area contributed by atoms with Crippen molar-refractivity contribution in [3.05, 3.63) is 52.6 Å². The number of nitrogens with zero attached hydrogens (tertiary/aromatic N) is 1. The van der Waals surface area contributed by atoms with E-state index in [4.69, 9.17) is 9.47 Å². The van der Waals surface area contributed by atoms with Gasteiger partial charge in [-0.3, -0.25) is 4.79 Å². The number of ether oxygens (including phenoxy) is 2. The largest absolute Gasteiger partial charge is 0.459 e. The molecule has 1 amide bonds. The Bertz CT molecular complexity index is 903. The SMILES string of the molecule is CCN(C(=O)COC(=O)c1[nH]c(C)c(C(=O)OC(C)C)c1C)c1ccc(F)cc1. The van der Waals surface area contributed by atoms with Gasteiger partial charge in [-0.2, -0.15) is 0 Å². The average Bonchev–Trinajstić information content (AvgIpc) is 2.95. The number of likely N-dealkylation sites (N-methyl/N-ethyl adjacent to an activating group) is 1. The van der Waals surface area contributed by atoms with Crippen molar-refractivity contribution in [3.63, 3.8) is 0 Å². The highest BCUT2D eigenvalue weighted by Crippen LogP contribution is 2.21. The molecule has 0 aliphatic heterocycles. The van der Waals surface area contributed by atoms with E-state index in [-0.39, 0.29) is 17.4 Å². The third-order valence-electron chi connectivity index (χ3n) is 4.27. The molecule has 7 nitrogen and oxygen atoms in total. The number of amides is 1. The number of anilines is 1. The van der Waals surface area contributed by atoms with Crippen molar-refractivity contribution in [2.45, 2.75) is 40.7 Å². The molecule has 0 spiro atoms. The van der Waals surface area contributed by atoms with Gasteiger partial charge in [0.05, 0.1) is 11.7 Å². The number of carbonyl (C=O) groups is 3. The van der Waals surface area contributed by atoms with E-state index in [1.165, 1.54) is 29.2 Å². The molecule has 1 aromatic heterocycles. The molecule has 2 rings (SSSR count). The van der Waals surface area contributed by atoms with Crippen molar-refractivity contribution >= 4 is 23.5 Å². The summed E-state index contributed by atoms with van der Waals surface area (Å²) in [7, 11) is 0. The zero-order valence-electron chi connectivity index (χ0n) is 17.2. The van der Waals surface area contributed by atoms with E-state index in [2.05, 4.69) is 4.98 Å². The van der Waals surface area contributed by atoms with Gasteiger partial charge in [-0.15, -0.1) is 0 Å². The molecule has 0 aliphatic carbocycles. The maximum absolute atomic E-state index is 13.1. The molecule has 0 bridgehead atoms. The number of carbonyl (C=O) groups excluding carboxylic acids is 3. The van der Waals surface area contributed by atoms with Crippen LogP contribution >= 0.6 is 0 Å². The van der Waals surface area contributed by atoms with E-state index >= 15 is 0 Å². The molecule has 0 saturated heterocycles. The minimum Gasteiger partial charge on any atom is -0.459 e. The molecule has 1 N–H and O–H groups in total. The Hall–Kier alpha value is -3.16. The molecule has 1 heterocycles. The lowest BCUT2D eigenvalue weighted by Gasteiger charge is -2.20. The van der Waals surface area contributed by atoms with E-state index in [0.717, 1.165) is 0 Å². The Balaban J connectivity index is 2.09. The summed E-state index contributed by atoms with van der Waals surface area (Å²) in [5.74, 6) is -2.14. The summed E-state index contributed by atoms with van der Waals surface area (Å²) < 4.78 is 23.4. The van der Waals surface area contributed by atoms with Gasteiger partial charge in [-0.05, 0) is 64.4 Å². The molecule has 0 saturated carbocycles. The smallest absolute Gasteiger partial charge is 0.355 e. The summed E-state index contributed by atoms with van der Waals surface area (Å²) in [5.41, 5.74) is 1.75. The molecular formula is C21H25FN2O5. The Morgan fingerprint density at radius 1 is 1.10 bits per heavy atom. The fourth-order valence-electron chi connectivity index (χ4n) is 2.93. The van der Waals surface area contributed by atoms with Crippen LogP contribution in [0.2, 0.25) is 0 Å². The van der Waals surface area contributed by atoms with Gasteiger partial charge in [-0.1, -0.05) is 0 Å². The lowest BCUT2D eigenvalue weighted by atomic mass is 10.1. The number of aromatic nitrogens is 1. The standard InChI is InChI=1S/C21H25FN2O5/c1-6-24(16-9-7-15(22)8-10-16)17(25)11-28-21(27)19-13(4)18(14(5)23-19)20(26)29-12(2)3/h7-10,12,23H,6,11H2,1-5H3. The van der Waals surface area contributed by atoms with Gasteiger partial charge < -0.3 is 19.4 Å². The highest BCUT2D eigenvalue weighted by molar-refractivity contribution is 6.00. The highest BCUT2D eigenvalue weighted by atomic mass is 19.1. The molecule has 29 heavy (non-hydrogen) atoms. The van der Waals surface area contributed by atoms with Gasteiger partial charge in [0.2, 0.25) is 0 Å². The summed E-state index contributed by atoms with van der Waals surface area (Å²) in [6, 6.07) is 5.45. The number of halogens is 1. The van der Waals surface area contributed by atoms with E-state index in [1.54, 1.807) is 34.6 Å². The Morgan fingerprint density at radius 2 is 1.72 bits per heavy atom. The Kier molecular flexibility index (Phi) is 7.14. The van der Waals surface area contributed by atoms with Crippen LogP contribution in [0.5, 0.6) is 0 Å². The van der Waals surface area contributed by atoms with Crippen LogP contribution in [0.3, 0.4) is 0 Å². The number of hydrogen-bond acceptors (Lipinski definition) is 5. The zero-order chi connectivity index (χ0) is 21.7. The number of hydrogen-bond donors (Lipinski definition) is 1. The first kappa shape index (κ1) is 22.1. The molecule has 0 aliphatic rings. The number of nitrogens with one attached hydrogen (secondary N) is 1. The van der Waals surface area contributed by atoms with Crippen LogP contribution in [0.4, 0.5) is 10.1 Å². The van der Waals surface area contributed by atoms with E-state index in [0.29, 0.717) is 23.5 Å². The van der Waals surface area contributed by atoms with E-state index < -0.39 is 30.3 Å². The van der Waals surface area contributed by atoms with Crippen LogP contribution < -0.4 is 4.90 Å². The normalized spacial score (nSPS) is 10.7. The zero-order valence-corrected chi connectivity index (χ0v) is 17.2. The minimum atomic E-state index is -0.752. The number of rotatable bonds is 7. The van der Waals surface area contributed by atoms with Gasteiger partial charge in [-0.25, -0.2) is 14.0 Å². The van der Waals surface area contributed by atoms with Gasteiger partial charge in [0.25, 0.3) is 5.91 Å². The maximum Gasteiger partial charge on any atom is 0.355 e. The van der Waals surface area contributed by atoms with Crippen LogP contribution in [-0.4, -0.2) is 42.1 Å². The quantitative estimate of drug-likeness (QED) is 0.713. The molecule has 8 heteroatoms. The molecule has 2 aromatic rings. The number of aromatic amines is 1. The van der Waals surface area contributed by atoms with Gasteiger partial charge in [0, 0.05) is 17.9 Å². The first-order chi connectivity index (χ1) is 13.6. The fraction of sp³-hybridized carbons (Fsp3) is 0.381. The van der Waals surface area contributed by atoms with Crippen molar-refractivity contribution in [3.8, 4) is 0 Å². The second-order valence-corrected chi connectivity index (χ2v) is 6.77.